The average molecular weight is 1790 g/mol. The number of rotatable bonds is 28. The van der Waals surface area contributed by atoms with Crippen molar-refractivity contribution in [3.8, 4) is 80.5 Å². The molecule has 2 heterocycles. The van der Waals surface area contributed by atoms with E-state index in [0.717, 1.165) is 38.5 Å². The van der Waals surface area contributed by atoms with Crippen LogP contribution in [0.25, 0.3) is 0 Å². The van der Waals surface area contributed by atoms with Crippen LogP contribution in [-0.2, 0) is 81.0 Å². The summed E-state index contributed by atoms with van der Waals surface area (Å²) in [7, 11) is 1.74. The number of ether oxygens (including phenoxy) is 9. The van der Waals surface area contributed by atoms with Gasteiger partial charge in [0.05, 0.1) is 48.6 Å². The molecule has 684 valence electrons. The number of hydrogen-bond donors (Lipinski definition) is 34. The van der Waals surface area contributed by atoms with Crippen molar-refractivity contribution in [3.63, 3.8) is 0 Å². The third kappa shape index (κ3) is 26.4. The van der Waals surface area contributed by atoms with Gasteiger partial charge in [0.15, 0.2) is 99.5 Å². The maximum absolute atomic E-state index is 12.1. The minimum absolute atomic E-state index is 0.0751. The Hall–Kier alpha value is -14.2. The fraction of sp³-hybridized carbons (Fsp3) is 0.368. The number of methoxy groups -OCH3 is 2. The first kappa shape index (κ1) is 104. The predicted molar refractivity (Wildman–Crippen MR) is 374 cm³/mol. The Morgan fingerprint density at radius 2 is 0.645 bits per heavy atom. The van der Waals surface area contributed by atoms with Crippen molar-refractivity contribution in [2.45, 2.75) is 135 Å². The molecule has 21 atom stereocenters. The van der Waals surface area contributed by atoms with E-state index < -0.39 is 315 Å². The van der Waals surface area contributed by atoms with Crippen LogP contribution in [0.3, 0.4) is 0 Å². The number of phenolic OH excluding ortho intramolecular Hbond substituents is 14. The normalized spacial score (nSPS) is 20.0. The summed E-state index contributed by atoms with van der Waals surface area (Å²) in [6.45, 7) is 0.671. The molecule has 0 amide bonds. The van der Waals surface area contributed by atoms with Gasteiger partial charge in [0, 0.05) is 5.56 Å². The number of carboxylic acid groups (broad SMARTS) is 5. The largest absolute Gasteiger partial charge is 0.508 e. The molecule has 2 saturated heterocycles. The number of carbonyl (C=O) groups excluding carboxylic acids is 8. The summed E-state index contributed by atoms with van der Waals surface area (Å²) < 4.78 is 40.9. The Morgan fingerprint density at radius 3 is 0.927 bits per heavy atom. The lowest BCUT2D eigenvalue weighted by Crippen LogP contribution is -2.59. The quantitative estimate of drug-likeness (QED) is 0.0126. The number of esters is 8. The summed E-state index contributed by atoms with van der Waals surface area (Å²) >= 11 is 0. The molecule has 0 aromatic heterocycles. The zero-order valence-electron chi connectivity index (χ0n) is 62.3. The van der Waals surface area contributed by atoms with Crippen molar-refractivity contribution >= 4 is 77.6 Å². The summed E-state index contributed by atoms with van der Waals surface area (Å²) in [4.78, 5) is 148. The Morgan fingerprint density at radius 1 is 0.355 bits per heavy atom. The zero-order chi connectivity index (χ0) is 95.3. The molecule has 0 aliphatic carbocycles. The summed E-state index contributed by atoms with van der Waals surface area (Å²) in [5.41, 5.74) is -2.44. The molecule has 2 aliphatic heterocycles. The fourth-order valence-corrected chi connectivity index (χ4v) is 9.41. The van der Waals surface area contributed by atoms with Crippen molar-refractivity contribution in [2.24, 2.45) is 0 Å². The molecule has 5 aromatic rings. The highest BCUT2D eigenvalue weighted by Crippen LogP contribution is 2.40. The topological polar surface area (TPSA) is 993 Å². The van der Waals surface area contributed by atoms with Crippen molar-refractivity contribution in [2.75, 3.05) is 20.8 Å². The highest BCUT2D eigenvalue weighted by molar-refractivity contribution is 5.96. The molecular weight excluding hydrogens is 1710 g/mol. The standard InChI is InChI=1S/C15H18O11.C14H16O12.C13H14O12.C13H12O11.C13H16O10/c1-5-7(16)3-6(4-8(5)17)14(23)26-12(15(24)25-2)10(19)9(18)11(20)13(21)22;1-25-14(24)10(20)8(18)9(19)11(12(21)22)26-13(23)4-2-5(15)7(17)6(16)3-4;14-4-1-3(2-5(15)6(4)16)13(24)25-10(12(22)23)8(18)7(17)9(19)11(20)21;14-4-1-3(2-5(15)6(4)16)12(21)24-10(11(19)20)9-7(17)8(18)13(22)23-9;14-3-7-9(18)10(19)11(20)13(22-7)23-12(21)4-1-5(15)8(17)6(16)2-4/h3-4,9-12,16-20H,1-2H3,(H,21,22);2-3,8-11,15-20H,1H3,(H,21,22);1-2,7-10,14-19H,(H,20,21)(H,22,23);1-2,7-10,14-18H,(H,19,20);1-2,7,9-11,13-20H,3H2/t9-,10+,11+,12-;8-,9+,10+,11-;7-,8+,9+,10-;7-,8-,9-,10+;7?,9-,10+,11?,13+/m11101/s1. The third-order valence-corrected chi connectivity index (χ3v) is 16.3. The van der Waals surface area contributed by atoms with Crippen LogP contribution in [0.5, 0.6) is 80.5 Å². The zero-order valence-corrected chi connectivity index (χ0v) is 62.3. The van der Waals surface area contributed by atoms with Gasteiger partial charge in [0.1, 0.15) is 78.6 Å². The number of hydrogen-bond acceptors (Lipinski definition) is 51. The number of phenols is 14. The maximum Gasteiger partial charge on any atom is 0.350 e. The Balaban J connectivity index is 0.000000400. The number of aliphatic hydroxyl groups excluding tert-OH is 15. The van der Waals surface area contributed by atoms with E-state index >= 15 is 0 Å². The first-order valence-electron chi connectivity index (χ1n) is 33.2. The monoisotopic (exact) mass is 1790 g/mol. The predicted octanol–water partition coefficient (Wildman–Crippen LogP) is -10.7. The lowest BCUT2D eigenvalue weighted by molar-refractivity contribution is -0.285. The number of aromatic hydroxyl groups is 14. The molecule has 0 bridgehead atoms. The van der Waals surface area contributed by atoms with Crippen LogP contribution >= 0.6 is 0 Å². The molecule has 0 radical (unpaired) electrons. The van der Waals surface area contributed by atoms with E-state index in [9.17, 15) is 195 Å². The number of cyclic esters (lactones) is 1. The van der Waals surface area contributed by atoms with Crippen LogP contribution < -0.4 is 0 Å². The number of benzene rings is 5. The van der Waals surface area contributed by atoms with Gasteiger partial charge < -0.3 is 216 Å². The molecule has 2 fully saturated rings. The number of aliphatic carboxylic acids is 5. The van der Waals surface area contributed by atoms with Gasteiger partial charge in [-0.05, 0) is 67.6 Å². The summed E-state index contributed by atoms with van der Waals surface area (Å²) in [6, 6.07) is 7.36. The highest BCUT2D eigenvalue weighted by atomic mass is 16.7. The number of carboxylic acids is 5. The van der Waals surface area contributed by atoms with Crippen molar-refractivity contribution in [3.05, 3.63) is 94.0 Å². The van der Waals surface area contributed by atoms with E-state index in [0.29, 0.717) is 36.4 Å². The number of aliphatic hydroxyl groups is 15. The Kier molecular flexibility index (Phi) is 37.6. The Labute approximate surface area is 685 Å². The molecular formula is C68H76O56. The fourth-order valence-electron chi connectivity index (χ4n) is 9.41. The van der Waals surface area contributed by atoms with Gasteiger partial charge >= 0.3 is 77.6 Å². The van der Waals surface area contributed by atoms with E-state index in [2.05, 4.69) is 28.4 Å². The molecule has 56 nitrogen and oxygen atoms in total. The average Bonchev–Trinajstić information content (AvgIpc) is 1.47. The molecule has 2 unspecified atom stereocenters. The van der Waals surface area contributed by atoms with Crippen molar-refractivity contribution in [1.82, 2.24) is 0 Å². The molecule has 0 spiro atoms. The molecule has 56 heteroatoms. The van der Waals surface area contributed by atoms with Crippen LogP contribution in [0.4, 0.5) is 0 Å². The van der Waals surface area contributed by atoms with Crippen LogP contribution in [0.15, 0.2) is 60.7 Å². The second-order valence-corrected chi connectivity index (χ2v) is 24.9. The van der Waals surface area contributed by atoms with Crippen LogP contribution in [0.1, 0.15) is 57.4 Å². The van der Waals surface area contributed by atoms with Gasteiger partial charge in [0.25, 0.3) is 0 Å². The smallest absolute Gasteiger partial charge is 0.350 e. The van der Waals surface area contributed by atoms with Gasteiger partial charge in [-0.3, -0.25) is 0 Å². The third-order valence-electron chi connectivity index (χ3n) is 16.3. The van der Waals surface area contributed by atoms with E-state index in [4.69, 9.17) is 55.1 Å². The minimum Gasteiger partial charge on any atom is -0.508 e. The second-order valence-electron chi connectivity index (χ2n) is 24.9. The lowest BCUT2D eigenvalue weighted by atomic mass is 9.99. The van der Waals surface area contributed by atoms with Crippen molar-refractivity contribution in [1.29, 1.82) is 0 Å². The van der Waals surface area contributed by atoms with Gasteiger partial charge in [-0.1, -0.05) is 0 Å². The highest BCUT2D eigenvalue weighted by Gasteiger charge is 2.52. The first-order valence-corrected chi connectivity index (χ1v) is 33.2. The van der Waals surface area contributed by atoms with E-state index in [1.807, 2.05) is 0 Å². The van der Waals surface area contributed by atoms with E-state index in [1.54, 1.807) is 0 Å². The molecule has 34 N–H and O–H groups in total. The molecule has 7 rings (SSSR count). The van der Waals surface area contributed by atoms with Crippen LogP contribution in [0, 0.1) is 6.92 Å². The van der Waals surface area contributed by atoms with Gasteiger partial charge in [-0.25, -0.2) is 62.3 Å². The molecule has 0 saturated carbocycles. The maximum atomic E-state index is 12.1. The second kappa shape index (κ2) is 44.9. The van der Waals surface area contributed by atoms with E-state index in [1.165, 1.54) is 6.92 Å². The molecule has 5 aromatic carbocycles. The van der Waals surface area contributed by atoms with Gasteiger partial charge in [-0.2, -0.15) is 0 Å². The van der Waals surface area contributed by atoms with Crippen LogP contribution in [0.2, 0.25) is 0 Å². The number of carbonyl (C=O) groups is 13. The van der Waals surface area contributed by atoms with Crippen LogP contribution in [-0.4, -0.2) is 400 Å². The summed E-state index contributed by atoms with van der Waals surface area (Å²) in [6.07, 6.45) is -45.0. The summed E-state index contributed by atoms with van der Waals surface area (Å²) in [5, 5.41) is 317. The van der Waals surface area contributed by atoms with Crippen molar-refractivity contribution < 1.29 is 279 Å². The first-order chi connectivity index (χ1) is 57.4. The summed E-state index contributed by atoms with van der Waals surface area (Å²) in [5.74, 6) is -31.8. The SMILES string of the molecule is COC(=O)[C@@H](O)[C@H](O)[C@H](O)[C@@H](OC(=O)c1cc(O)c(O)c(O)c1)C(=O)O.COC(=O)[C@H](OC(=O)c1cc(O)c(C)c(O)c1)[C@@H](O)[C@@H](O)[C@H](O)C(=O)O.O=C(O[C@@H](C(=O)O)[C@@H](O)[C@@H](O)[C@H](O)C(=O)O)c1cc(O)c(O)c(O)c1.O=C(O[C@@H](C(=O)O)[C@H]1OC(=O)[C@@H](O)[C@@H]1O)c1cc(O)c(O)c(O)c1.O=C(O[C@@H]1OC(CO)[C@@H](O)[C@H](O)C1O)c1cc(O)c(O)c(O)c1. The molecule has 2 aliphatic rings. The molecule has 124 heavy (non-hydrogen) atoms. The Bertz CT molecular complexity index is 4590. The lowest BCUT2D eigenvalue weighted by Gasteiger charge is -2.39. The van der Waals surface area contributed by atoms with Gasteiger partial charge in [-0.15, -0.1) is 0 Å². The minimum atomic E-state index is -2.56. The van der Waals surface area contributed by atoms with E-state index in [-0.39, 0.29) is 11.1 Å². The van der Waals surface area contributed by atoms with Gasteiger partial charge in [0.2, 0.25) is 30.7 Å².